The van der Waals surface area contributed by atoms with Crippen LogP contribution >= 0.6 is 0 Å². The molecule has 3 heterocycles. The first-order valence-corrected chi connectivity index (χ1v) is 9.74. The van der Waals surface area contributed by atoms with Crippen molar-refractivity contribution in [2.75, 3.05) is 38.6 Å². The number of rotatable bonds is 3. The highest BCUT2D eigenvalue weighted by Gasteiger charge is 2.29. The van der Waals surface area contributed by atoms with E-state index in [2.05, 4.69) is 30.8 Å². The maximum absolute atomic E-state index is 12.4. The molecule has 1 aliphatic rings. The lowest BCUT2D eigenvalue weighted by Gasteiger charge is -2.41. The number of carbonyl (C=O) groups excluding carboxylic acids is 1. The van der Waals surface area contributed by atoms with Crippen LogP contribution in [0.5, 0.6) is 0 Å². The van der Waals surface area contributed by atoms with Crippen molar-refractivity contribution in [2.45, 2.75) is 46.6 Å². The third-order valence-electron chi connectivity index (χ3n) is 5.12. The van der Waals surface area contributed by atoms with E-state index in [-0.39, 0.29) is 18.0 Å². The minimum absolute atomic E-state index is 0.0501. The van der Waals surface area contributed by atoms with Crippen LogP contribution in [0.15, 0.2) is 10.6 Å². The number of hydrogen-bond donors (Lipinski definition) is 0. The molecule has 1 fully saturated rings. The fraction of sp³-hybridized carbons (Fsp3) is 0.600. The number of piperazine rings is 1. The molecule has 0 unspecified atom stereocenters. The summed E-state index contributed by atoms with van der Waals surface area (Å²) in [7, 11) is 3.58. The van der Waals surface area contributed by atoms with Crippen molar-refractivity contribution in [1.29, 1.82) is 0 Å². The van der Waals surface area contributed by atoms with Gasteiger partial charge >= 0.3 is 6.03 Å². The van der Waals surface area contributed by atoms with Crippen molar-refractivity contribution in [2.24, 2.45) is 0 Å². The van der Waals surface area contributed by atoms with Crippen molar-refractivity contribution in [3.05, 3.63) is 23.3 Å². The third kappa shape index (κ3) is 3.81. The minimum Gasteiger partial charge on any atom is -0.361 e. The molecule has 2 amide bonds. The van der Waals surface area contributed by atoms with E-state index in [0.717, 1.165) is 47.4 Å². The molecule has 3 rings (SSSR count). The van der Waals surface area contributed by atoms with Gasteiger partial charge in [0.2, 0.25) is 0 Å². The van der Waals surface area contributed by atoms with Crippen molar-refractivity contribution >= 4 is 11.8 Å². The Labute approximate surface area is 166 Å². The Hall–Kier alpha value is -2.64. The first-order valence-electron chi connectivity index (χ1n) is 9.74. The van der Waals surface area contributed by atoms with Gasteiger partial charge in [-0.25, -0.2) is 14.8 Å². The first kappa shape index (κ1) is 20.1. The Morgan fingerprint density at radius 3 is 2.50 bits per heavy atom. The fourth-order valence-corrected chi connectivity index (χ4v) is 3.56. The third-order valence-corrected chi connectivity index (χ3v) is 5.12. The average Bonchev–Trinajstić information content (AvgIpc) is 2.98. The smallest absolute Gasteiger partial charge is 0.319 e. The average molecular weight is 387 g/mol. The van der Waals surface area contributed by atoms with Gasteiger partial charge in [0.1, 0.15) is 17.4 Å². The largest absolute Gasteiger partial charge is 0.361 e. The highest BCUT2D eigenvalue weighted by Crippen LogP contribution is 2.30. The van der Waals surface area contributed by atoms with E-state index in [0.29, 0.717) is 6.54 Å². The molecule has 0 bridgehead atoms. The molecule has 8 nitrogen and oxygen atoms in total. The maximum atomic E-state index is 12.4. The molecule has 0 saturated carbocycles. The van der Waals surface area contributed by atoms with Gasteiger partial charge in [-0.3, -0.25) is 0 Å². The highest BCUT2D eigenvalue weighted by atomic mass is 16.5. The van der Waals surface area contributed by atoms with Gasteiger partial charge in [0.15, 0.2) is 0 Å². The number of aryl methyl sites for hydroxylation is 2. The van der Waals surface area contributed by atoms with Crippen LogP contribution in [0.3, 0.4) is 0 Å². The number of anilines is 1. The van der Waals surface area contributed by atoms with E-state index in [1.807, 2.05) is 24.8 Å². The van der Waals surface area contributed by atoms with Gasteiger partial charge in [0.05, 0.1) is 17.0 Å². The van der Waals surface area contributed by atoms with Gasteiger partial charge in [-0.2, -0.15) is 0 Å². The van der Waals surface area contributed by atoms with E-state index in [1.54, 1.807) is 19.0 Å². The Balaban J connectivity index is 1.93. The number of amides is 2. The topological polar surface area (TPSA) is 78.6 Å². The zero-order chi connectivity index (χ0) is 20.6. The van der Waals surface area contributed by atoms with Crippen LogP contribution in [-0.4, -0.2) is 70.7 Å². The maximum Gasteiger partial charge on any atom is 0.319 e. The molecule has 2 aromatic heterocycles. The van der Waals surface area contributed by atoms with E-state index < -0.39 is 0 Å². The fourth-order valence-electron chi connectivity index (χ4n) is 3.56. The van der Waals surface area contributed by atoms with Gasteiger partial charge in [-0.1, -0.05) is 19.0 Å². The summed E-state index contributed by atoms with van der Waals surface area (Å²) >= 11 is 0. The summed E-state index contributed by atoms with van der Waals surface area (Å²) in [6, 6.07) is 2.16. The molecule has 152 valence electrons. The Bertz CT molecular complexity index is 841. The lowest BCUT2D eigenvalue weighted by Crippen LogP contribution is -2.56. The number of nitrogens with zero attached hydrogens (tertiary/aromatic N) is 6. The second-order valence-corrected chi connectivity index (χ2v) is 7.99. The predicted octanol–water partition coefficient (Wildman–Crippen LogP) is 3.06. The van der Waals surface area contributed by atoms with Crippen LogP contribution in [0, 0.1) is 13.8 Å². The number of carbonyl (C=O) groups is 1. The van der Waals surface area contributed by atoms with Crippen LogP contribution in [0.2, 0.25) is 0 Å². The summed E-state index contributed by atoms with van der Waals surface area (Å²) < 4.78 is 5.34. The van der Waals surface area contributed by atoms with Gasteiger partial charge in [0, 0.05) is 51.8 Å². The molecule has 0 spiro atoms. The Morgan fingerprint density at radius 1 is 1.25 bits per heavy atom. The van der Waals surface area contributed by atoms with Crippen LogP contribution in [0.1, 0.15) is 44.0 Å². The lowest BCUT2D eigenvalue weighted by molar-refractivity contribution is 0.146. The molecule has 8 heteroatoms. The monoisotopic (exact) mass is 386 g/mol. The second kappa shape index (κ2) is 7.77. The van der Waals surface area contributed by atoms with Crippen LogP contribution < -0.4 is 4.90 Å². The van der Waals surface area contributed by atoms with E-state index >= 15 is 0 Å². The minimum atomic E-state index is 0.0501. The van der Waals surface area contributed by atoms with Crippen molar-refractivity contribution in [3.8, 4) is 11.3 Å². The molecule has 0 aliphatic carbocycles. The summed E-state index contributed by atoms with van der Waals surface area (Å²) in [5, 5.41) is 4.07. The van der Waals surface area contributed by atoms with Gasteiger partial charge in [-0.05, 0) is 20.8 Å². The highest BCUT2D eigenvalue weighted by molar-refractivity contribution is 5.74. The second-order valence-electron chi connectivity index (χ2n) is 7.99. The predicted molar refractivity (Wildman–Crippen MR) is 109 cm³/mol. The van der Waals surface area contributed by atoms with Crippen molar-refractivity contribution in [3.63, 3.8) is 0 Å². The summed E-state index contributed by atoms with van der Waals surface area (Å²) in [6.45, 7) is 12.2. The molecule has 0 aromatic carbocycles. The van der Waals surface area contributed by atoms with Crippen LogP contribution in [0.25, 0.3) is 11.3 Å². The number of hydrogen-bond acceptors (Lipinski definition) is 6. The molecule has 2 aromatic rings. The molecule has 28 heavy (non-hydrogen) atoms. The molecule has 1 atom stereocenters. The van der Waals surface area contributed by atoms with Gasteiger partial charge in [-0.15, -0.1) is 0 Å². The Kier molecular flexibility index (Phi) is 5.58. The van der Waals surface area contributed by atoms with Gasteiger partial charge < -0.3 is 19.2 Å². The number of aromatic nitrogens is 3. The van der Waals surface area contributed by atoms with E-state index in [1.165, 1.54) is 0 Å². The standard InChI is InChI=1S/C20H30N6O2/c1-12(2)19-21-16(18-14(4)23-28-15(18)5)10-17(22-19)25-8-9-26(13(3)11-25)20(27)24(6)7/h10,12-13H,8-9,11H2,1-7H3/t13-/m0/s1. The number of urea groups is 1. The summed E-state index contributed by atoms with van der Waals surface area (Å²) in [5.41, 5.74) is 2.59. The first-order chi connectivity index (χ1) is 13.2. The van der Waals surface area contributed by atoms with Crippen LogP contribution in [-0.2, 0) is 0 Å². The normalized spacial score (nSPS) is 17.4. The van der Waals surface area contributed by atoms with Crippen LogP contribution in [0.4, 0.5) is 10.6 Å². The molecule has 0 N–H and O–H groups in total. The quantitative estimate of drug-likeness (QED) is 0.807. The molecule has 1 saturated heterocycles. The van der Waals surface area contributed by atoms with Gasteiger partial charge in [0.25, 0.3) is 0 Å². The van der Waals surface area contributed by atoms with Crippen molar-refractivity contribution in [1.82, 2.24) is 24.9 Å². The lowest BCUT2D eigenvalue weighted by atomic mass is 10.1. The zero-order valence-corrected chi connectivity index (χ0v) is 17.9. The Morgan fingerprint density at radius 2 is 1.96 bits per heavy atom. The molecular weight excluding hydrogens is 356 g/mol. The van der Waals surface area contributed by atoms with Crippen molar-refractivity contribution < 1.29 is 9.32 Å². The molecule has 0 radical (unpaired) electrons. The molecular formula is C20H30N6O2. The summed E-state index contributed by atoms with van der Waals surface area (Å²) in [6.07, 6.45) is 0. The summed E-state index contributed by atoms with van der Waals surface area (Å²) in [4.78, 5) is 27.7. The SMILES string of the molecule is Cc1noc(C)c1-c1cc(N2CCN(C(=O)N(C)C)[C@@H](C)C2)nc(C(C)C)n1. The summed E-state index contributed by atoms with van der Waals surface area (Å²) in [5.74, 6) is 2.64. The van der Waals surface area contributed by atoms with E-state index in [9.17, 15) is 4.79 Å². The molecule has 1 aliphatic heterocycles. The van der Waals surface area contributed by atoms with E-state index in [4.69, 9.17) is 14.5 Å². The zero-order valence-electron chi connectivity index (χ0n) is 17.9.